The van der Waals surface area contributed by atoms with Gasteiger partial charge < -0.3 is 15.4 Å². The lowest BCUT2D eigenvalue weighted by atomic mass is 9.84. The predicted molar refractivity (Wildman–Crippen MR) is 152 cm³/mol. The van der Waals surface area contributed by atoms with Crippen LogP contribution in [0, 0.1) is 6.92 Å². The van der Waals surface area contributed by atoms with Crippen LogP contribution >= 0.6 is 0 Å². The second kappa shape index (κ2) is 10.8. The summed E-state index contributed by atoms with van der Waals surface area (Å²) in [6.07, 6.45) is -0.448. The lowest BCUT2D eigenvalue weighted by Gasteiger charge is -2.22. The third kappa shape index (κ3) is 5.62. The first-order valence-corrected chi connectivity index (χ1v) is 13.1. The van der Waals surface area contributed by atoms with Crippen LogP contribution in [0.4, 0.5) is 25.0 Å². The molecule has 0 bridgehead atoms. The molecule has 41 heavy (non-hydrogen) atoms. The Bertz CT molecular complexity index is 1680. The summed E-state index contributed by atoms with van der Waals surface area (Å²) in [5.41, 5.74) is 5.31. The molecule has 0 spiro atoms. The zero-order chi connectivity index (χ0) is 28.4. The number of benzene rings is 4. The van der Waals surface area contributed by atoms with Gasteiger partial charge in [0.15, 0.2) is 12.4 Å². The topological polar surface area (TPSA) is 105 Å². The highest BCUT2D eigenvalue weighted by Gasteiger charge is 2.40. The maximum atomic E-state index is 15.1. The van der Waals surface area contributed by atoms with Crippen LogP contribution < -0.4 is 15.4 Å². The maximum absolute atomic E-state index is 15.1. The Kier molecular flexibility index (Phi) is 6.88. The summed E-state index contributed by atoms with van der Waals surface area (Å²) in [5.74, 6) is -3.13. The van der Waals surface area contributed by atoms with Gasteiger partial charge in [-0.05, 0) is 58.3 Å². The Morgan fingerprint density at radius 2 is 1.68 bits per heavy atom. The molecule has 1 atom stereocenters. The lowest BCUT2D eigenvalue weighted by Crippen LogP contribution is -2.26. The number of amides is 2. The van der Waals surface area contributed by atoms with Gasteiger partial charge in [0.25, 0.3) is 5.92 Å². The molecule has 1 aliphatic heterocycles. The summed E-state index contributed by atoms with van der Waals surface area (Å²) in [4.78, 5) is 13.2. The number of tetrazole rings is 1. The Morgan fingerprint density at radius 3 is 2.41 bits per heavy atom. The second-order valence-corrected chi connectivity index (χ2v) is 9.99. The van der Waals surface area contributed by atoms with E-state index in [1.54, 1.807) is 18.2 Å². The van der Waals surface area contributed by atoms with Crippen molar-refractivity contribution in [2.75, 3.05) is 17.2 Å². The Balaban J connectivity index is 1.50. The molecule has 0 fully saturated rings. The maximum Gasteiger partial charge on any atom is 0.323 e. The number of carbonyl (C=O) groups is 1. The van der Waals surface area contributed by atoms with Crippen molar-refractivity contribution in [3.8, 4) is 28.3 Å². The average molecular weight is 553 g/mol. The van der Waals surface area contributed by atoms with Crippen LogP contribution in [0.3, 0.4) is 0 Å². The summed E-state index contributed by atoms with van der Waals surface area (Å²) in [7, 11) is 0. The second-order valence-electron chi connectivity index (χ2n) is 9.99. The minimum Gasteiger partial charge on any atom is -0.485 e. The number of alkyl halides is 2. The number of nitrogens with one attached hydrogen (secondary N) is 3. The van der Waals surface area contributed by atoms with E-state index in [0.717, 1.165) is 16.7 Å². The number of aromatic amines is 1. The smallest absolute Gasteiger partial charge is 0.323 e. The van der Waals surface area contributed by atoms with E-state index in [9.17, 15) is 4.79 Å². The number of aryl methyl sites for hydroxylation is 1. The number of carbonyl (C=O) groups excluding carboxylic acids is 1. The van der Waals surface area contributed by atoms with E-state index in [1.807, 2.05) is 79.7 Å². The third-order valence-electron chi connectivity index (χ3n) is 7.02. The average Bonchev–Trinajstić information content (AvgIpc) is 3.47. The molecule has 1 aromatic heterocycles. The van der Waals surface area contributed by atoms with Crippen LogP contribution in [0.2, 0.25) is 0 Å². The standard InChI is InChI=1S/C31H26F2N6O2/c1-19-11-13-22(14-12-19)34-30(40)35-27-16-21(23-9-5-6-10-24(23)29-36-38-39-37-29)15-25-26(20-7-3-2-4-8-20)17-31(32,33)18-41-28(25)27/h2-16,26H,17-18H2,1H3,(H2,34,35,40)(H,36,37,38,39)/t26-/m1/s1. The summed E-state index contributed by atoms with van der Waals surface area (Å²) in [5, 5.41) is 19.9. The molecule has 4 aromatic carbocycles. The van der Waals surface area contributed by atoms with Gasteiger partial charge in [-0.15, -0.1) is 5.10 Å². The Hall–Kier alpha value is -5.12. The number of aromatic nitrogens is 4. The summed E-state index contributed by atoms with van der Waals surface area (Å²) in [6.45, 7) is 1.14. The van der Waals surface area contributed by atoms with Gasteiger partial charge in [0.2, 0.25) is 0 Å². The highest BCUT2D eigenvalue weighted by atomic mass is 19.3. The van der Waals surface area contributed by atoms with Gasteiger partial charge in [0, 0.05) is 29.2 Å². The van der Waals surface area contributed by atoms with Gasteiger partial charge >= 0.3 is 6.03 Å². The highest BCUT2D eigenvalue weighted by molar-refractivity contribution is 6.01. The number of hydrogen-bond donors (Lipinski definition) is 3. The van der Waals surface area contributed by atoms with Crippen molar-refractivity contribution in [3.05, 3.63) is 108 Å². The highest BCUT2D eigenvalue weighted by Crippen LogP contribution is 2.48. The van der Waals surface area contributed by atoms with Gasteiger partial charge in [-0.3, -0.25) is 0 Å². The van der Waals surface area contributed by atoms with E-state index in [4.69, 9.17) is 4.74 Å². The predicted octanol–water partition coefficient (Wildman–Crippen LogP) is 7.04. The molecule has 206 valence electrons. The van der Waals surface area contributed by atoms with Crippen LogP contribution in [-0.4, -0.2) is 39.2 Å². The van der Waals surface area contributed by atoms with Gasteiger partial charge in [-0.2, -0.15) is 0 Å². The van der Waals surface area contributed by atoms with E-state index in [-0.39, 0.29) is 11.4 Å². The molecule has 3 N–H and O–H groups in total. The van der Waals surface area contributed by atoms with Crippen molar-refractivity contribution in [2.45, 2.75) is 25.2 Å². The number of urea groups is 1. The Labute approximate surface area is 234 Å². The first kappa shape index (κ1) is 26.1. The summed E-state index contributed by atoms with van der Waals surface area (Å²) < 4.78 is 36.0. The van der Waals surface area contributed by atoms with E-state index >= 15 is 8.78 Å². The first-order valence-electron chi connectivity index (χ1n) is 13.1. The molecule has 6 rings (SSSR count). The van der Waals surface area contributed by atoms with Crippen molar-refractivity contribution < 1.29 is 18.3 Å². The van der Waals surface area contributed by atoms with Crippen molar-refractivity contribution in [1.82, 2.24) is 20.6 Å². The molecule has 0 saturated carbocycles. The molecule has 2 amide bonds. The number of rotatable bonds is 5. The normalized spacial score (nSPS) is 15.7. The molecule has 0 aliphatic carbocycles. The number of H-pyrrole nitrogens is 1. The molecule has 0 unspecified atom stereocenters. The van der Waals surface area contributed by atoms with Crippen LogP contribution in [-0.2, 0) is 0 Å². The van der Waals surface area contributed by atoms with E-state index in [0.29, 0.717) is 28.2 Å². The molecule has 0 radical (unpaired) electrons. The van der Waals surface area contributed by atoms with E-state index in [1.165, 1.54) is 0 Å². The number of fused-ring (bicyclic) bond motifs is 1. The first-order chi connectivity index (χ1) is 19.9. The van der Waals surface area contributed by atoms with Crippen LogP contribution in [0.1, 0.15) is 29.0 Å². The number of ether oxygens (including phenoxy) is 1. The minimum absolute atomic E-state index is 0.206. The molecular formula is C31H26F2N6O2. The minimum atomic E-state index is -3.09. The number of halogens is 2. The van der Waals surface area contributed by atoms with Gasteiger partial charge in [0.05, 0.1) is 5.69 Å². The van der Waals surface area contributed by atoms with Crippen molar-refractivity contribution in [2.24, 2.45) is 0 Å². The SMILES string of the molecule is Cc1ccc(NC(=O)Nc2cc(-c3ccccc3-c3nnn[nH]3)cc3c2OCC(F)(F)C[C@@H]3c2ccccc2)cc1. The molecule has 1 aliphatic rings. The van der Waals surface area contributed by atoms with Crippen LogP contribution in [0.5, 0.6) is 5.75 Å². The number of hydrogen-bond acceptors (Lipinski definition) is 5. The third-order valence-corrected chi connectivity index (χ3v) is 7.02. The fourth-order valence-corrected chi connectivity index (χ4v) is 5.08. The molecule has 8 nitrogen and oxygen atoms in total. The van der Waals surface area contributed by atoms with Gasteiger partial charge in [-0.1, -0.05) is 72.3 Å². The Morgan fingerprint density at radius 1 is 0.951 bits per heavy atom. The molecule has 10 heteroatoms. The largest absolute Gasteiger partial charge is 0.485 e. The van der Waals surface area contributed by atoms with Gasteiger partial charge in [-0.25, -0.2) is 18.7 Å². The fourth-order valence-electron chi connectivity index (χ4n) is 5.08. The van der Waals surface area contributed by atoms with Gasteiger partial charge in [0.1, 0.15) is 5.75 Å². The molecule has 2 heterocycles. The number of anilines is 2. The quantitative estimate of drug-likeness (QED) is 0.217. The van der Waals surface area contributed by atoms with Crippen molar-refractivity contribution >= 4 is 17.4 Å². The number of nitrogens with zero attached hydrogens (tertiary/aromatic N) is 3. The zero-order valence-electron chi connectivity index (χ0n) is 22.1. The van der Waals surface area contributed by atoms with Crippen LogP contribution in [0.15, 0.2) is 91.0 Å². The van der Waals surface area contributed by atoms with E-state index < -0.39 is 30.9 Å². The fraction of sp³-hybridized carbons (Fsp3) is 0.161. The van der Waals surface area contributed by atoms with E-state index in [2.05, 4.69) is 31.3 Å². The van der Waals surface area contributed by atoms with Crippen molar-refractivity contribution in [1.29, 1.82) is 0 Å². The lowest BCUT2D eigenvalue weighted by molar-refractivity contribution is -0.0448. The molecular weight excluding hydrogens is 526 g/mol. The molecule has 5 aromatic rings. The van der Waals surface area contributed by atoms with Crippen molar-refractivity contribution in [3.63, 3.8) is 0 Å². The summed E-state index contributed by atoms with van der Waals surface area (Å²) in [6, 6.07) is 27.0. The molecule has 0 saturated heterocycles. The summed E-state index contributed by atoms with van der Waals surface area (Å²) >= 11 is 0. The monoisotopic (exact) mass is 552 g/mol. The van der Waals surface area contributed by atoms with Crippen LogP contribution in [0.25, 0.3) is 22.5 Å². The zero-order valence-corrected chi connectivity index (χ0v) is 22.1.